The van der Waals surface area contributed by atoms with E-state index in [9.17, 15) is 24.0 Å². The smallest absolute Gasteiger partial charge is 0.343 e. The molecule has 0 atom stereocenters. The first-order valence-electron chi connectivity index (χ1n) is 10.7. The third-order valence-corrected chi connectivity index (χ3v) is 4.25. The molecule has 0 aromatic heterocycles. The fourth-order valence-corrected chi connectivity index (χ4v) is 2.37. The number of likely N-dealkylation sites (N-methyl/N-ethyl adjacent to an activating group) is 1. The average molecular weight is 517 g/mol. The summed E-state index contributed by atoms with van der Waals surface area (Å²) in [5.74, 6) is -3.27. The van der Waals surface area contributed by atoms with Gasteiger partial charge in [0.05, 0.1) is 30.5 Å². The lowest BCUT2D eigenvalue weighted by Crippen LogP contribution is -2.27. The van der Waals surface area contributed by atoms with Crippen molar-refractivity contribution < 1.29 is 43.7 Å². The summed E-state index contributed by atoms with van der Waals surface area (Å²) in [4.78, 5) is 59.9. The molecule has 13 heteroatoms. The van der Waals surface area contributed by atoms with Crippen LogP contribution in [0.3, 0.4) is 0 Å². The maximum atomic E-state index is 12.2. The Hall–Kier alpha value is -4.94. The molecular weight excluding hydrogens is 488 g/mol. The van der Waals surface area contributed by atoms with E-state index in [1.807, 2.05) is 0 Å². The second kappa shape index (κ2) is 15.1. The van der Waals surface area contributed by atoms with Crippen LogP contribution in [0.5, 0.6) is 5.75 Å². The first-order valence-corrected chi connectivity index (χ1v) is 10.7. The predicted octanol–water partition coefficient (Wildman–Crippen LogP) is 0.920. The first-order chi connectivity index (χ1) is 17.4. The molecule has 0 aliphatic heterocycles. The summed E-state index contributed by atoms with van der Waals surface area (Å²) in [6, 6.07) is 12.7. The van der Waals surface area contributed by atoms with Crippen LogP contribution in [0.2, 0.25) is 0 Å². The standard InChI is InChI=1S/C20H22N4O5.C4H6O4/c1-24(2)17(25)12-28-18(26)11-13-3-9-16(10-4-13)29-19(27)14-5-7-15(8-6-14)23-20(21)22;5-3(6)1-2-4(7)8/h3-10H,11-12H2,1-2H3,(H4,21,22,23);1-2H2,(H,5,6)(H,7,8). The van der Waals surface area contributed by atoms with E-state index in [1.54, 1.807) is 62.6 Å². The third-order valence-electron chi connectivity index (χ3n) is 4.25. The van der Waals surface area contributed by atoms with Gasteiger partial charge in [0.1, 0.15) is 5.75 Å². The number of carboxylic acids is 2. The zero-order valence-electron chi connectivity index (χ0n) is 20.2. The second-order valence-electron chi connectivity index (χ2n) is 7.53. The van der Waals surface area contributed by atoms with Crippen LogP contribution in [-0.2, 0) is 30.3 Å². The molecule has 37 heavy (non-hydrogen) atoms. The highest BCUT2D eigenvalue weighted by atomic mass is 16.5. The van der Waals surface area contributed by atoms with Gasteiger partial charge >= 0.3 is 23.9 Å². The lowest BCUT2D eigenvalue weighted by atomic mass is 10.1. The van der Waals surface area contributed by atoms with Crippen molar-refractivity contribution in [3.63, 3.8) is 0 Å². The predicted molar refractivity (Wildman–Crippen MR) is 131 cm³/mol. The molecule has 0 aliphatic rings. The molecule has 0 saturated carbocycles. The molecule has 2 rings (SSSR count). The quantitative estimate of drug-likeness (QED) is 0.151. The van der Waals surface area contributed by atoms with Crippen molar-refractivity contribution in [2.75, 3.05) is 20.7 Å². The number of hydrogen-bond acceptors (Lipinski definition) is 8. The second-order valence-corrected chi connectivity index (χ2v) is 7.53. The van der Waals surface area contributed by atoms with Crippen molar-refractivity contribution in [3.8, 4) is 5.75 Å². The molecule has 1 amide bonds. The summed E-state index contributed by atoms with van der Waals surface area (Å²) in [5.41, 5.74) is 12.1. The highest BCUT2D eigenvalue weighted by Gasteiger charge is 2.12. The largest absolute Gasteiger partial charge is 0.481 e. The molecule has 0 aliphatic carbocycles. The Morgan fingerprint density at radius 1 is 0.865 bits per heavy atom. The Labute approximate surface area is 212 Å². The number of esters is 2. The van der Waals surface area contributed by atoms with Crippen molar-refractivity contribution >= 4 is 41.4 Å². The minimum absolute atomic E-state index is 0.00118. The van der Waals surface area contributed by atoms with Crippen LogP contribution in [0, 0.1) is 0 Å². The Bertz CT molecular complexity index is 1110. The highest BCUT2D eigenvalue weighted by molar-refractivity contribution is 5.91. The van der Waals surface area contributed by atoms with Gasteiger partial charge < -0.3 is 36.1 Å². The van der Waals surface area contributed by atoms with Gasteiger partial charge in [0, 0.05) is 14.1 Å². The molecule has 13 nitrogen and oxygen atoms in total. The van der Waals surface area contributed by atoms with Crippen LogP contribution in [0.1, 0.15) is 28.8 Å². The number of nitrogens with zero attached hydrogens (tertiary/aromatic N) is 2. The van der Waals surface area contributed by atoms with Crippen molar-refractivity contribution in [1.82, 2.24) is 4.90 Å². The number of amides is 1. The van der Waals surface area contributed by atoms with Crippen molar-refractivity contribution in [1.29, 1.82) is 0 Å². The molecule has 0 saturated heterocycles. The summed E-state index contributed by atoms with van der Waals surface area (Å²) >= 11 is 0. The minimum Gasteiger partial charge on any atom is -0.481 e. The first kappa shape index (κ1) is 30.1. The van der Waals surface area contributed by atoms with Crippen molar-refractivity contribution in [2.45, 2.75) is 19.3 Å². The maximum absolute atomic E-state index is 12.2. The summed E-state index contributed by atoms with van der Waals surface area (Å²) in [7, 11) is 3.16. The molecule has 0 unspecified atom stereocenters. The topological polar surface area (TPSA) is 212 Å². The molecule has 2 aromatic carbocycles. The van der Waals surface area contributed by atoms with Crippen LogP contribution in [-0.4, -0.2) is 71.6 Å². The van der Waals surface area contributed by atoms with Crippen LogP contribution in [0.15, 0.2) is 53.5 Å². The van der Waals surface area contributed by atoms with Gasteiger partial charge in [-0.2, -0.15) is 0 Å². The fourth-order valence-electron chi connectivity index (χ4n) is 2.37. The molecule has 6 N–H and O–H groups in total. The van der Waals surface area contributed by atoms with Crippen LogP contribution >= 0.6 is 0 Å². The normalized spacial score (nSPS) is 9.68. The average Bonchev–Trinajstić information content (AvgIpc) is 2.82. The molecule has 0 heterocycles. The number of ether oxygens (including phenoxy) is 2. The number of benzene rings is 2. The minimum atomic E-state index is -1.08. The SMILES string of the molecule is CN(C)C(=O)COC(=O)Cc1ccc(OC(=O)c2ccc(N=C(N)N)cc2)cc1.O=C(O)CCC(=O)O. The third kappa shape index (κ3) is 12.9. The van der Waals surface area contributed by atoms with Gasteiger partial charge in [-0.25, -0.2) is 9.79 Å². The molecule has 0 radical (unpaired) electrons. The van der Waals surface area contributed by atoms with Gasteiger partial charge in [0.2, 0.25) is 0 Å². The number of aliphatic carboxylic acids is 2. The number of rotatable bonds is 10. The van der Waals surface area contributed by atoms with E-state index in [0.29, 0.717) is 22.6 Å². The molecule has 198 valence electrons. The zero-order valence-corrected chi connectivity index (χ0v) is 20.2. The summed E-state index contributed by atoms with van der Waals surface area (Å²) in [6.45, 7) is -0.302. The van der Waals surface area contributed by atoms with E-state index in [-0.39, 0.29) is 37.7 Å². The Morgan fingerprint density at radius 3 is 1.86 bits per heavy atom. The maximum Gasteiger partial charge on any atom is 0.343 e. The van der Waals surface area contributed by atoms with E-state index in [0.717, 1.165) is 0 Å². The lowest BCUT2D eigenvalue weighted by Gasteiger charge is -2.10. The Morgan fingerprint density at radius 2 is 1.41 bits per heavy atom. The monoisotopic (exact) mass is 516 g/mol. The number of nitrogens with two attached hydrogens (primary N) is 2. The number of carbonyl (C=O) groups is 5. The van der Waals surface area contributed by atoms with Crippen LogP contribution in [0.4, 0.5) is 5.69 Å². The van der Waals surface area contributed by atoms with Gasteiger partial charge in [-0.05, 0) is 42.0 Å². The Kier molecular flexibility index (Phi) is 12.3. The fraction of sp³-hybridized carbons (Fsp3) is 0.250. The molecular formula is C24H28N4O9. The van der Waals surface area contributed by atoms with E-state index in [2.05, 4.69) is 4.99 Å². The van der Waals surface area contributed by atoms with Gasteiger partial charge in [-0.15, -0.1) is 0 Å². The van der Waals surface area contributed by atoms with Crippen molar-refractivity contribution in [3.05, 3.63) is 59.7 Å². The van der Waals surface area contributed by atoms with E-state index in [1.165, 1.54) is 4.90 Å². The highest BCUT2D eigenvalue weighted by Crippen LogP contribution is 2.17. The summed E-state index contributed by atoms with van der Waals surface area (Å²) in [5, 5.41) is 15.8. The molecule has 0 fully saturated rings. The summed E-state index contributed by atoms with van der Waals surface area (Å²) < 4.78 is 10.2. The van der Waals surface area contributed by atoms with Crippen LogP contribution < -0.4 is 16.2 Å². The zero-order chi connectivity index (χ0) is 28.0. The van der Waals surface area contributed by atoms with Gasteiger partial charge in [0.25, 0.3) is 5.91 Å². The van der Waals surface area contributed by atoms with E-state index >= 15 is 0 Å². The van der Waals surface area contributed by atoms with Crippen LogP contribution in [0.25, 0.3) is 0 Å². The van der Waals surface area contributed by atoms with Gasteiger partial charge in [-0.1, -0.05) is 12.1 Å². The van der Waals surface area contributed by atoms with Gasteiger partial charge in [0.15, 0.2) is 12.6 Å². The molecule has 0 bridgehead atoms. The van der Waals surface area contributed by atoms with Crippen molar-refractivity contribution in [2.24, 2.45) is 16.5 Å². The molecule has 2 aromatic rings. The summed E-state index contributed by atoms with van der Waals surface area (Å²) in [6.07, 6.45) is -0.591. The number of aliphatic imine (C=N–C) groups is 1. The van der Waals surface area contributed by atoms with E-state index in [4.69, 9.17) is 31.2 Å². The van der Waals surface area contributed by atoms with Gasteiger partial charge in [-0.3, -0.25) is 19.2 Å². The lowest BCUT2D eigenvalue weighted by molar-refractivity contribution is -0.150. The van der Waals surface area contributed by atoms with E-state index < -0.39 is 23.9 Å². The Balaban J connectivity index is 0.000000738. The number of guanidine groups is 1. The number of carbonyl (C=O) groups excluding carboxylic acids is 3. The number of carboxylic acid groups (broad SMARTS) is 2. The molecule has 0 spiro atoms. The number of hydrogen-bond donors (Lipinski definition) is 4.